The Bertz CT molecular complexity index is 286. The summed E-state index contributed by atoms with van der Waals surface area (Å²) in [6.45, 7) is 0. The van der Waals surface area contributed by atoms with Gasteiger partial charge in [0.15, 0.2) is 0 Å². The molecule has 0 bridgehead atoms. The fourth-order valence-electron chi connectivity index (χ4n) is 0.744. The number of nitrogens with two attached hydrogens (primary N) is 1. The van der Waals surface area contributed by atoms with Gasteiger partial charge in [0.05, 0.1) is 0 Å². The van der Waals surface area contributed by atoms with Gasteiger partial charge in [-0.15, -0.1) is 0 Å². The monoisotopic (exact) mass is 212 g/mol. The number of imidazole rings is 1. The van der Waals surface area contributed by atoms with Crippen molar-refractivity contribution in [2.24, 2.45) is 5.73 Å². The topological polar surface area (TPSA) is 81.1 Å². The van der Waals surface area contributed by atoms with E-state index in [9.17, 15) is 4.79 Å². The van der Waals surface area contributed by atoms with Gasteiger partial charge in [-0.1, -0.05) is 0 Å². The van der Waals surface area contributed by atoms with Gasteiger partial charge in [0.25, 0.3) is 0 Å². The molecular formula is C6H8N3NiO2. The van der Waals surface area contributed by atoms with E-state index in [1.807, 2.05) is 0 Å². The first-order valence-corrected chi connectivity index (χ1v) is 3.68. The van der Waals surface area contributed by atoms with Gasteiger partial charge in [0.1, 0.15) is 0 Å². The molecule has 0 fully saturated rings. The predicted molar refractivity (Wildman–Crippen MR) is 36.9 cm³/mol. The summed E-state index contributed by atoms with van der Waals surface area (Å²) < 4.78 is 1.38. The van der Waals surface area contributed by atoms with E-state index in [0.717, 1.165) is 0 Å². The number of aromatic nitrogens is 2. The maximum absolute atomic E-state index is 10.3. The van der Waals surface area contributed by atoms with Gasteiger partial charge < -0.3 is 0 Å². The first-order chi connectivity index (χ1) is 5.59. The van der Waals surface area contributed by atoms with Crippen LogP contribution in [0.15, 0.2) is 12.5 Å². The van der Waals surface area contributed by atoms with E-state index >= 15 is 0 Å². The first kappa shape index (κ1) is 9.22. The second-order valence-corrected chi connectivity index (χ2v) is 2.84. The van der Waals surface area contributed by atoms with Gasteiger partial charge in [-0.25, -0.2) is 0 Å². The summed E-state index contributed by atoms with van der Waals surface area (Å²) in [4.78, 5) is 14.2. The van der Waals surface area contributed by atoms with Gasteiger partial charge in [-0.3, -0.25) is 0 Å². The van der Waals surface area contributed by atoms with Crippen LogP contribution in [-0.4, -0.2) is 25.7 Å². The van der Waals surface area contributed by atoms with Crippen molar-refractivity contribution in [3.8, 4) is 0 Å². The molecule has 1 atom stereocenters. The second kappa shape index (κ2) is 3.69. The van der Waals surface area contributed by atoms with Crippen LogP contribution in [0.3, 0.4) is 0 Å². The molecule has 0 aliphatic heterocycles. The Labute approximate surface area is 77.1 Å². The molecule has 0 saturated carbocycles. The van der Waals surface area contributed by atoms with Crippen LogP contribution < -0.4 is 5.73 Å². The summed E-state index contributed by atoms with van der Waals surface area (Å²) in [6.07, 6.45) is 3.25. The quantitative estimate of drug-likeness (QED) is 0.640. The van der Waals surface area contributed by atoms with Crippen molar-refractivity contribution in [1.82, 2.24) is 8.63 Å². The van der Waals surface area contributed by atoms with E-state index in [1.54, 1.807) is 6.20 Å². The van der Waals surface area contributed by atoms with Crippen molar-refractivity contribution >= 4 is 5.97 Å². The minimum atomic E-state index is -1.03. The SMILES string of the molecule is N[C@@H](Cc1c[n]([Ni])cn1)C(=O)O. The summed E-state index contributed by atoms with van der Waals surface area (Å²) in [5.74, 6) is -1.03. The molecule has 5 nitrogen and oxygen atoms in total. The van der Waals surface area contributed by atoms with Gasteiger partial charge in [-0.2, -0.15) is 0 Å². The van der Waals surface area contributed by atoms with E-state index in [2.05, 4.69) is 20.7 Å². The fourth-order valence-corrected chi connectivity index (χ4v) is 0.948. The number of hydrogen-bond acceptors (Lipinski definition) is 3. The van der Waals surface area contributed by atoms with Crippen molar-refractivity contribution in [1.29, 1.82) is 0 Å². The molecule has 3 N–H and O–H groups in total. The van der Waals surface area contributed by atoms with Crippen LogP contribution >= 0.6 is 0 Å². The molecule has 1 rings (SSSR count). The predicted octanol–water partition coefficient (Wildman–Crippen LogP) is -0.853. The second-order valence-electron chi connectivity index (χ2n) is 2.33. The molecule has 0 spiro atoms. The van der Waals surface area contributed by atoms with E-state index in [1.165, 1.54) is 9.98 Å². The molecule has 6 heteroatoms. The van der Waals surface area contributed by atoms with Crippen molar-refractivity contribution in [2.45, 2.75) is 12.5 Å². The van der Waals surface area contributed by atoms with Crippen molar-refractivity contribution in [2.75, 3.05) is 0 Å². The maximum atomic E-state index is 10.3. The molecule has 0 saturated heterocycles. The number of nitrogens with zero attached hydrogens (tertiary/aromatic N) is 2. The molecular weight excluding hydrogens is 205 g/mol. The third-order valence-electron chi connectivity index (χ3n) is 1.34. The fraction of sp³-hybridized carbons (Fsp3) is 0.333. The number of carboxylic acids is 1. The minimum absolute atomic E-state index is 0.214. The molecule has 1 aromatic rings. The Kier molecular flexibility index (Phi) is 2.84. The van der Waals surface area contributed by atoms with E-state index in [0.29, 0.717) is 5.69 Å². The van der Waals surface area contributed by atoms with Gasteiger partial charge in [0, 0.05) is 0 Å². The summed E-state index contributed by atoms with van der Waals surface area (Å²) >= 11 is 4.43. The van der Waals surface area contributed by atoms with Gasteiger partial charge >= 0.3 is 76.6 Å². The van der Waals surface area contributed by atoms with Crippen molar-refractivity contribution < 1.29 is 25.6 Å². The van der Waals surface area contributed by atoms with Crippen LogP contribution in [-0.2, 0) is 26.9 Å². The van der Waals surface area contributed by atoms with E-state index in [-0.39, 0.29) is 6.42 Å². The molecule has 1 aromatic heterocycles. The number of carbonyl (C=O) groups is 1. The Hall–Kier alpha value is -0.866. The van der Waals surface area contributed by atoms with Gasteiger partial charge in [0.2, 0.25) is 0 Å². The molecule has 0 aliphatic carbocycles. The van der Waals surface area contributed by atoms with Gasteiger partial charge in [-0.05, 0) is 0 Å². The zero-order valence-electron chi connectivity index (χ0n) is 6.08. The average molecular weight is 213 g/mol. The molecule has 0 aromatic carbocycles. The molecule has 69 valence electrons. The Morgan fingerprint density at radius 2 is 2.58 bits per heavy atom. The summed E-state index contributed by atoms with van der Waals surface area (Å²) in [5, 5.41) is 8.47. The standard InChI is InChI=1S/C6H9N3O2.Ni/c7-5(6(10)11)1-4-2-8-3-9-4;/h2-3,5H,1,7H2,(H2,8,9,10,11);/q;+1/p-1/t5-;/m0./s1. The van der Waals surface area contributed by atoms with Crippen molar-refractivity contribution in [3.05, 3.63) is 18.2 Å². The molecule has 0 radical (unpaired) electrons. The van der Waals surface area contributed by atoms with Crippen LogP contribution in [0.4, 0.5) is 0 Å². The Morgan fingerprint density at radius 3 is 3.00 bits per heavy atom. The van der Waals surface area contributed by atoms with Crippen molar-refractivity contribution in [3.63, 3.8) is 0 Å². The first-order valence-electron chi connectivity index (χ1n) is 3.24. The van der Waals surface area contributed by atoms with Crippen LogP contribution in [0, 0.1) is 0 Å². The van der Waals surface area contributed by atoms with Crippen LogP contribution in [0.2, 0.25) is 0 Å². The van der Waals surface area contributed by atoms with E-state index < -0.39 is 12.0 Å². The van der Waals surface area contributed by atoms with E-state index in [4.69, 9.17) is 10.8 Å². The van der Waals surface area contributed by atoms with Crippen LogP contribution in [0.1, 0.15) is 5.69 Å². The third-order valence-corrected chi connectivity index (χ3v) is 1.58. The van der Waals surface area contributed by atoms with Crippen LogP contribution in [0.25, 0.3) is 0 Å². The number of hydrogen-bond donors (Lipinski definition) is 2. The van der Waals surface area contributed by atoms with Crippen LogP contribution in [0.5, 0.6) is 0 Å². The normalized spacial score (nSPS) is 12.9. The summed E-state index contributed by atoms with van der Waals surface area (Å²) in [5.41, 5.74) is 5.89. The Balaban J connectivity index is 2.58. The summed E-state index contributed by atoms with van der Waals surface area (Å²) in [7, 11) is 0. The Morgan fingerprint density at radius 1 is 1.92 bits per heavy atom. The number of carboxylic acid groups (broad SMARTS) is 1. The average Bonchev–Trinajstić information content (AvgIpc) is 2.35. The zero-order chi connectivity index (χ0) is 9.14. The molecule has 0 unspecified atom stereocenters. The summed E-state index contributed by atoms with van der Waals surface area (Å²) in [6, 6.07) is -0.903. The molecule has 12 heavy (non-hydrogen) atoms. The third kappa shape index (κ3) is 2.32. The zero-order valence-corrected chi connectivity index (χ0v) is 7.07. The number of aliphatic carboxylic acids is 1. The molecule has 0 amide bonds. The molecule has 0 aliphatic rings. The molecule has 1 heterocycles. The number of rotatable bonds is 3.